The van der Waals surface area contributed by atoms with E-state index in [1.165, 1.54) is 6.26 Å². The zero-order valence-corrected chi connectivity index (χ0v) is 7.41. The van der Waals surface area contributed by atoms with Gasteiger partial charge in [-0.3, -0.25) is 4.79 Å². The Bertz CT molecular complexity index is 332. The number of furan rings is 1. The summed E-state index contributed by atoms with van der Waals surface area (Å²) in [5.74, 6) is 0.552. The van der Waals surface area contributed by atoms with Crippen LogP contribution in [0.1, 0.15) is 22.5 Å². The highest BCUT2D eigenvalue weighted by atomic mass is 16.3. The van der Waals surface area contributed by atoms with Crippen LogP contribution in [0.4, 0.5) is 0 Å². The topological polar surface area (TPSA) is 68.3 Å². The third-order valence-corrected chi connectivity index (χ3v) is 2.26. The van der Waals surface area contributed by atoms with Gasteiger partial charge < -0.3 is 15.5 Å². The molecule has 1 aromatic rings. The van der Waals surface area contributed by atoms with Crippen LogP contribution in [-0.2, 0) is 0 Å². The number of aryl methyl sites for hydroxylation is 1. The van der Waals surface area contributed by atoms with Gasteiger partial charge in [-0.1, -0.05) is 0 Å². The van der Waals surface area contributed by atoms with Gasteiger partial charge in [0.05, 0.1) is 11.8 Å². The van der Waals surface area contributed by atoms with Crippen molar-refractivity contribution in [3.63, 3.8) is 0 Å². The van der Waals surface area contributed by atoms with Gasteiger partial charge in [-0.2, -0.15) is 0 Å². The number of carbonyl (C=O) groups is 1. The molecule has 2 atom stereocenters. The first-order valence-corrected chi connectivity index (χ1v) is 4.29. The van der Waals surface area contributed by atoms with Crippen LogP contribution in [0, 0.1) is 6.92 Å². The minimum absolute atomic E-state index is 0.0933. The first kappa shape index (κ1) is 8.31. The Kier molecular flexibility index (Phi) is 1.84. The van der Waals surface area contributed by atoms with Gasteiger partial charge in [-0.15, -0.1) is 0 Å². The lowest BCUT2D eigenvalue weighted by Crippen LogP contribution is -2.29. The van der Waals surface area contributed by atoms with Crippen molar-refractivity contribution in [3.8, 4) is 0 Å². The van der Waals surface area contributed by atoms with Crippen molar-refractivity contribution < 1.29 is 9.21 Å². The molecule has 1 aliphatic rings. The number of amides is 1. The van der Waals surface area contributed by atoms with Crippen LogP contribution in [-0.4, -0.2) is 18.0 Å². The maximum Gasteiger partial charge on any atom is 0.255 e. The predicted octanol–water partition coefficient (Wildman–Crippen LogP) is 0.417. The third kappa shape index (κ3) is 1.58. The molecule has 2 unspecified atom stereocenters. The van der Waals surface area contributed by atoms with Crippen LogP contribution >= 0.6 is 0 Å². The first-order chi connectivity index (χ1) is 6.18. The summed E-state index contributed by atoms with van der Waals surface area (Å²) in [6.45, 7) is 1.77. The quantitative estimate of drug-likeness (QED) is 0.693. The molecule has 0 saturated heterocycles. The highest BCUT2D eigenvalue weighted by molar-refractivity contribution is 5.95. The van der Waals surface area contributed by atoms with Crippen molar-refractivity contribution in [3.05, 3.63) is 23.7 Å². The highest BCUT2D eigenvalue weighted by Gasteiger charge is 2.35. The fourth-order valence-electron chi connectivity index (χ4n) is 1.25. The molecule has 1 heterocycles. The van der Waals surface area contributed by atoms with Crippen molar-refractivity contribution in [1.82, 2.24) is 5.32 Å². The van der Waals surface area contributed by atoms with Gasteiger partial charge >= 0.3 is 0 Å². The fraction of sp³-hybridized carbons (Fsp3) is 0.444. The third-order valence-electron chi connectivity index (χ3n) is 2.26. The van der Waals surface area contributed by atoms with E-state index in [0.29, 0.717) is 11.3 Å². The molecule has 4 heteroatoms. The molecule has 1 aliphatic carbocycles. The lowest BCUT2D eigenvalue weighted by Gasteiger charge is -2.01. The van der Waals surface area contributed by atoms with Gasteiger partial charge in [0.2, 0.25) is 0 Å². The molecule has 13 heavy (non-hydrogen) atoms. The van der Waals surface area contributed by atoms with Crippen LogP contribution in [0.2, 0.25) is 0 Å². The highest BCUT2D eigenvalue weighted by Crippen LogP contribution is 2.19. The van der Waals surface area contributed by atoms with E-state index in [2.05, 4.69) is 5.32 Å². The summed E-state index contributed by atoms with van der Waals surface area (Å²) >= 11 is 0. The number of carbonyl (C=O) groups excluding carboxylic acids is 1. The molecular formula is C9H12N2O2. The van der Waals surface area contributed by atoms with E-state index in [1.54, 1.807) is 13.0 Å². The van der Waals surface area contributed by atoms with Crippen molar-refractivity contribution in [2.75, 3.05) is 0 Å². The van der Waals surface area contributed by atoms with Gasteiger partial charge in [-0.25, -0.2) is 0 Å². The van der Waals surface area contributed by atoms with Crippen LogP contribution in [0.15, 0.2) is 16.7 Å². The van der Waals surface area contributed by atoms with Crippen molar-refractivity contribution in [2.24, 2.45) is 5.73 Å². The summed E-state index contributed by atoms with van der Waals surface area (Å²) in [5.41, 5.74) is 6.16. The smallest absolute Gasteiger partial charge is 0.255 e. The minimum atomic E-state index is -0.0933. The SMILES string of the molecule is Cc1occc1C(=O)NC1CC1N. The van der Waals surface area contributed by atoms with E-state index in [-0.39, 0.29) is 18.0 Å². The number of hydrogen-bond acceptors (Lipinski definition) is 3. The van der Waals surface area contributed by atoms with E-state index in [4.69, 9.17) is 10.2 Å². The van der Waals surface area contributed by atoms with Crippen molar-refractivity contribution >= 4 is 5.91 Å². The van der Waals surface area contributed by atoms with Crippen LogP contribution in [0.3, 0.4) is 0 Å². The van der Waals surface area contributed by atoms with E-state index >= 15 is 0 Å². The van der Waals surface area contributed by atoms with E-state index < -0.39 is 0 Å². The van der Waals surface area contributed by atoms with Crippen LogP contribution in [0.5, 0.6) is 0 Å². The summed E-state index contributed by atoms with van der Waals surface area (Å²) in [5, 5.41) is 2.82. The molecule has 0 aromatic carbocycles. The number of hydrogen-bond donors (Lipinski definition) is 2. The van der Waals surface area contributed by atoms with E-state index in [1.807, 2.05) is 0 Å². The molecule has 4 nitrogen and oxygen atoms in total. The maximum absolute atomic E-state index is 11.5. The molecule has 0 spiro atoms. The Morgan fingerprint density at radius 3 is 2.92 bits per heavy atom. The molecule has 0 aliphatic heterocycles. The minimum Gasteiger partial charge on any atom is -0.469 e. The molecule has 3 N–H and O–H groups in total. The number of nitrogens with one attached hydrogen (secondary N) is 1. The molecule has 70 valence electrons. The second-order valence-corrected chi connectivity index (χ2v) is 3.37. The standard InChI is InChI=1S/C9H12N2O2/c1-5-6(2-3-13-5)9(12)11-8-4-7(8)10/h2-3,7-8H,4,10H2,1H3,(H,11,12). The second-order valence-electron chi connectivity index (χ2n) is 3.37. The molecular weight excluding hydrogens is 168 g/mol. The Hall–Kier alpha value is -1.29. The molecule has 0 radical (unpaired) electrons. The number of nitrogens with two attached hydrogens (primary N) is 1. The molecule has 2 rings (SSSR count). The zero-order chi connectivity index (χ0) is 9.42. The summed E-state index contributed by atoms with van der Waals surface area (Å²) < 4.78 is 5.02. The zero-order valence-electron chi connectivity index (χ0n) is 7.41. The fourth-order valence-corrected chi connectivity index (χ4v) is 1.25. The van der Waals surface area contributed by atoms with Gasteiger partial charge in [0.15, 0.2) is 0 Å². The number of rotatable bonds is 2. The summed E-state index contributed by atoms with van der Waals surface area (Å²) in [4.78, 5) is 11.5. The monoisotopic (exact) mass is 180 g/mol. The van der Waals surface area contributed by atoms with Crippen LogP contribution < -0.4 is 11.1 Å². The Morgan fingerprint density at radius 2 is 2.46 bits per heavy atom. The summed E-state index contributed by atoms with van der Waals surface area (Å²) in [6, 6.07) is 1.96. The Labute approximate surface area is 76.1 Å². The summed E-state index contributed by atoms with van der Waals surface area (Å²) in [6.07, 6.45) is 2.39. The lowest BCUT2D eigenvalue weighted by molar-refractivity contribution is 0.0949. The molecule has 1 amide bonds. The Balaban J connectivity index is 2.01. The van der Waals surface area contributed by atoms with Crippen molar-refractivity contribution in [1.29, 1.82) is 0 Å². The van der Waals surface area contributed by atoms with Gasteiger partial charge in [0.1, 0.15) is 5.76 Å². The maximum atomic E-state index is 11.5. The van der Waals surface area contributed by atoms with Gasteiger partial charge in [-0.05, 0) is 19.4 Å². The normalized spacial score (nSPS) is 25.7. The Morgan fingerprint density at radius 1 is 1.77 bits per heavy atom. The first-order valence-electron chi connectivity index (χ1n) is 4.29. The molecule has 1 fully saturated rings. The average molecular weight is 180 g/mol. The molecule has 1 aromatic heterocycles. The van der Waals surface area contributed by atoms with E-state index in [0.717, 1.165) is 6.42 Å². The predicted molar refractivity (Wildman–Crippen MR) is 47.3 cm³/mol. The van der Waals surface area contributed by atoms with Gasteiger partial charge in [0.25, 0.3) is 5.91 Å². The van der Waals surface area contributed by atoms with Crippen molar-refractivity contribution in [2.45, 2.75) is 25.4 Å². The summed E-state index contributed by atoms with van der Waals surface area (Å²) in [7, 11) is 0. The van der Waals surface area contributed by atoms with Crippen LogP contribution in [0.25, 0.3) is 0 Å². The molecule has 1 saturated carbocycles. The van der Waals surface area contributed by atoms with E-state index in [9.17, 15) is 4.79 Å². The molecule has 0 bridgehead atoms. The van der Waals surface area contributed by atoms with Gasteiger partial charge in [0, 0.05) is 12.1 Å². The second kappa shape index (κ2) is 2.88. The average Bonchev–Trinajstić information content (AvgIpc) is 2.62. The largest absolute Gasteiger partial charge is 0.469 e. The lowest BCUT2D eigenvalue weighted by atomic mass is 10.2.